The van der Waals surface area contributed by atoms with E-state index in [9.17, 15) is 4.79 Å². The van der Waals surface area contributed by atoms with E-state index in [1.165, 1.54) is 33.8 Å². The molecule has 37 heavy (non-hydrogen) atoms. The van der Waals surface area contributed by atoms with Crippen molar-refractivity contribution in [3.8, 4) is 16.5 Å². The maximum atomic E-state index is 14.1. The molecule has 0 saturated carbocycles. The average molecular weight is 514 g/mol. The van der Waals surface area contributed by atoms with E-state index in [0.29, 0.717) is 24.6 Å². The summed E-state index contributed by atoms with van der Waals surface area (Å²) in [6.45, 7) is 3.12. The van der Waals surface area contributed by atoms with Gasteiger partial charge in [-0.1, -0.05) is 18.2 Å². The number of benzene rings is 2. The molecule has 0 spiro atoms. The second kappa shape index (κ2) is 9.98. The Kier molecular flexibility index (Phi) is 6.38. The van der Waals surface area contributed by atoms with Crippen LogP contribution in [-0.4, -0.2) is 29.2 Å². The van der Waals surface area contributed by atoms with Gasteiger partial charge >= 0.3 is 6.03 Å². The van der Waals surface area contributed by atoms with Gasteiger partial charge in [-0.25, -0.2) is 4.79 Å². The van der Waals surface area contributed by atoms with Crippen LogP contribution in [0.15, 0.2) is 66.9 Å². The third-order valence-electron chi connectivity index (χ3n) is 7.25. The number of carbonyl (C=O) groups is 1. The van der Waals surface area contributed by atoms with E-state index in [-0.39, 0.29) is 12.1 Å². The average Bonchev–Trinajstić information content (AvgIpc) is 3.51. The maximum Gasteiger partial charge on any atom is 0.322 e. The number of nitrogens with one attached hydrogen (secondary N) is 1. The highest BCUT2D eigenvalue weighted by molar-refractivity contribution is 7.15. The van der Waals surface area contributed by atoms with Gasteiger partial charge in [0.15, 0.2) is 0 Å². The summed E-state index contributed by atoms with van der Waals surface area (Å²) < 4.78 is 13.5. The van der Waals surface area contributed by atoms with Crippen LogP contribution < -0.4 is 14.8 Å². The van der Waals surface area contributed by atoms with Crippen LogP contribution in [0.1, 0.15) is 53.1 Å². The third-order valence-corrected chi connectivity index (χ3v) is 8.58. The van der Waals surface area contributed by atoms with Gasteiger partial charge in [-0.3, -0.25) is 0 Å². The summed E-state index contributed by atoms with van der Waals surface area (Å²) in [7, 11) is 1.63. The summed E-state index contributed by atoms with van der Waals surface area (Å²) in [6.07, 6.45) is 6.77. The molecule has 0 radical (unpaired) electrons. The number of fused-ring (bicyclic) bond motifs is 5. The zero-order valence-corrected chi connectivity index (χ0v) is 22.0. The Hall–Kier alpha value is -3.71. The van der Waals surface area contributed by atoms with Gasteiger partial charge in [-0.05, 0) is 80.1 Å². The van der Waals surface area contributed by atoms with Gasteiger partial charge in [0.25, 0.3) is 0 Å². The van der Waals surface area contributed by atoms with E-state index in [1.54, 1.807) is 7.11 Å². The summed E-state index contributed by atoms with van der Waals surface area (Å²) in [5.41, 5.74) is 5.52. The summed E-state index contributed by atoms with van der Waals surface area (Å²) in [5.74, 6) is 1.51. The third kappa shape index (κ3) is 4.37. The number of hydrogen-bond donors (Lipinski definition) is 1. The summed E-state index contributed by atoms with van der Waals surface area (Å²) in [6, 6.07) is 19.4. The molecular formula is C30H31N3O3S. The summed E-state index contributed by atoms with van der Waals surface area (Å²) in [4.78, 5) is 17.5. The van der Waals surface area contributed by atoms with Gasteiger partial charge in [0, 0.05) is 28.4 Å². The molecule has 2 aliphatic rings. The smallest absolute Gasteiger partial charge is 0.322 e. The van der Waals surface area contributed by atoms with E-state index < -0.39 is 0 Å². The first-order chi connectivity index (χ1) is 18.2. The fourth-order valence-electron chi connectivity index (χ4n) is 5.57. The molecule has 6 rings (SSSR count). The van der Waals surface area contributed by atoms with E-state index in [0.717, 1.165) is 29.8 Å². The van der Waals surface area contributed by atoms with Crippen molar-refractivity contribution in [1.29, 1.82) is 0 Å². The number of rotatable bonds is 5. The fraction of sp³-hybridized carbons (Fsp3) is 0.300. The molecule has 0 fully saturated rings. The molecule has 1 atom stereocenters. The van der Waals surface area contributed by atoms with Crippen LogP contribution in [0.5, 0.6) is 11.5 Å². The van der Waals surface area contributed by atoms with Crippen molar-refractivity contribution >= 4 is 23.1 Å². The van der Waals surface area contributed by atoms with Crippen molar-refractivity contribution in [1.82, 2.24) is 9.47 Å². The predicted octanol–water partition coefficient (Wildman–Crippen LogP) is 6.96. The van der Waals surface area contributed by atoms with Gasteiger partial charge < -0.3 is 24.3 Å². The van der Waals surface area contributed by atoms with Gasteiger partial charge in [0.05, 0.1) is 32.0 Å². The predicted molar refractivity (Wildman–Crippen MR) is 147 cm³/mol. The molecule has 7 heteroatoms. The van der Waals surface area contributed by atoms with Crippen LogP contribution in [0.4, 0.5) is 10.5 Å². The molecule has 1 aliphatic carbocycles. The number of nitrogens with zero attached hydrogens (tertiary/aromatic N) is 2. The number of thiophene rings is 1. The normalized spacial score (nSPS) is 16.3. The first-order valence-electron chi connectivity index (χ1n) is 12.9. The molecule has 2 amide bonds. The SMILES string of the molecule is CCOc1cccc([C@@H]2c3cccn3-c3sc4c(c3CN2C(=O)Nc2cccc(OC)c2)CCCC4)c1. The highest BCUT2D eigenvalue weighted by Gasteiger charge is 2.36. The minimum Gasteiger partial charge on any atom is -0.497 e. The minimum atomic E-state index is -0.278. The Labute approximate surface area is 221 Å². The Morgan fingerprint density at radius 1 is 1.03 bits per heavy atom. The van der Waals surface area contributed by atoms with Crippen molar-refractivity contribution in [2.45, 2.75) is 45.2 Å². The van der Waals surface area contributed by atoms with Gasteiger partial charge in [0.1, 0.15) is 16.5 Å². The standard InChI is InChI=1S/C30H31N3O3S/c1-3-36-23-12-6-9-20(17-23)28-26-14-8-16-32(26)29-25(24-13-4-5-15-27(24)37-29)19-33(28)30(34)31-21-10-7-11-22(18-21)35-2/h6-12,14,16-18,28H,3-5,13,15,19H2,1-2H3,(H,31,34)/t28-/m1/s1. The number of carbonyl (C=O) groups excluding carboxylic acids is 1. The molecule has 3 heterocycles. The number of amides is 2. The van der Waals surface area contributed by atoms with Crippen molar-refractivity contribution in [3.63, 3.8) is 0 Å². The zero-order valence-electron chi connectivity index (χ0n) is 21.2. The maximum absolute atomic E-state index is 14.1. The number of anilines is 1. The molecule has 6 nitrogen and oxygen atoms in total. The van der Waals surface area contributed by atoms with E-state index in [1.807, 2.05) is 59.6 Å². The fourth-order valence-corrected chi connectivity index (χ4v) is 6.98. The number of aromatic nitrogens is 1. The van der Waals surface area contributed by atoms with Crippen LogP contribution >= 0.6 is 11.3 Å². The van der Waals surface area contributed by atoms with Crippen LogP contribution in [0, 0.1) is 0 Å². The van der Waals surface area contributed by atoms with Crippen molar-refractivity contribution < 1.29 is 14.3 Å². The van der Waals surface area contributed by atoms with E-state index in [4.69, 9.17) is 9.47 Å². The zero-order chi connectivity index (χ0) is 25.4. The Morgan fingerprint density at radius 3 is 2.73 bits per heavy atom. The minimum absolute atomic E-state index is 0.142. The monoisotopic (exact) mass is 513 g/mol. The van der Waals surface area contributed by atoms with Crippen molar-refractivity contribution in [3.05, 3.63) is 94.1 Å². The van der Waals surface area contributed by atoms with Gasteiger partial charge in [-0.2, -0.15) is 0 Å². The molecule has 0 bridgehead atoms. The molecule has 0 unspecified atom stereocenters. The second-order valence-corrected chi connectivity index (χ2v) is 10.6. The first-order valence-corrected chi connectivity index (χ1v) is 13.7. The van der Waals surface area contributed by atoms with Gasteiger partial charge in [-0.15, -0.1) is 11.3 Å². The summed E-state index contributed by atoms with van der Waals surface area (Å²) >= 11 is 1.89. The second-order valence-electron chi connectivity index (χ2n) is 9.50. The molecule has 1 aliphatic heterocycles. The highest BCUT2D eigenvalue weighted by Crippen LogP contribution is 2.44. The number of methoxy groups -OCH3 is 1. The quantitative estimate of drug-likeness (QED) is 0.314. The molecule has 1 N–H and O–H groups in total. The van der Waals surface area contributed by atoms with Crippen LogP contribution in [0.3, 0.4) is 0 Å². The van der Waals surface area contributed by atoms with Crippen LogP contribution in [0.2, 0.25) is 0 Å². The topological polar surface area (TPSA) is 55.7 Å². The molecule has 2 aromatic heterocycles. The first kappa shape index (κ1) is 23.7. The lowest BCUT2D eigenvalue weighted by atomic mass is 9.95. The molecule has 190 valence electrons. The van der Waals surface area contributed by atoms with E-state index >= 15 is 0 Å². The Balaban J connectivity index is 1.48. The van der Waals surface area contributed by atoms with Crippen molar-refractivity contribution in [2.75, 3.05) is 19.0 Å². The molecule has 0 saturated heterocycles. The number of aryl methyl sites for hydroxylation is 1. The highest BCUT2D eigenvalue weighted by atomic mass is 32.1. The van der Waals surface area contributed by atoms with Crippen LogP contribution in [-0.2, 0) is 19.4 Å². The van der Waals surface area contributed by atoms with Crippen LogP contribution in [0.25, 0.3) is 5.00 Å². The molecular weight excluding hydrogens is 482 g/mol. The Morgan fingerprint density at radius 2 is 1.86 bits per heavy atom. The lowest BCUT2D eigenvalue weighted by molar-refractivity contribution is 0.194. The molecule has 4 aromatic rings. The van der Waals surface area contributed by atoms with Gasteiger partial charge in [0.2, 0.25) is 0 Å². The number of urea groups is 1. The van der Waals surface area contributed by atoms with E-state index in [2.05, 4.69) is 40.3 Å². The molecule has 2 aromatic carbocycles. The lowest BCUT2D eigenvalue weighted by Gasteiger charge is -2.31. The summed E-state index contributed by atoms with van der Waals surface area (Å²) in [5, 5.41) is 4.39. The largest absolute Gasteiger partial charge is 0.497 e. The number of hydrogen-bond acceptors (Lipinski definition) is 4. The Bertz CT molecular complexity index is 1440. The lowest BCUT2D eigenvalue weighted by Crippen LogP contribution is -2.38. The van der Waals surface area contributed by atoms with Crippen molar-refractivity contribution in [2.24, 2.45) is 0 Å². The number of ether oxygens (including phenoxy) is 2.